The molecule has 15 heavy (non-hydrogen) atoms. The molecule has 9 heteroatoms. The van der Waals surface area contributed by atoms with E-state index in [1.165, 1.54) is 0 Å². The van der Waals surface area contributed by atoms with Crippen LogP contribution in [0.2, 0.25) is 0 Å². The van der Waals surface area contributed by atoms with Crippen molar-refractivity contribution in [2.24, 2.45) is 0 Å². The highest BCUT2D eigenvalue weighted by Gasteiger charge is 2.23. The zero-order valence-electron chi connectivity index (χ0n) is 8.91. The Hall–Kier alpha value is -0.0351. The molecule has 0 radical (unpaired) electrons. The van der Waals surface area contributed by atoms with Crippen molar-refractivity contribution in [3.63, 3.8) is 0 Å². The topological polar surface area (TPSA) is 44.8 Å². The SMILES string of the molecule is CCOP(=O)(OCC)OCC.FB(F)F. The fraction of sp³-hybridized carbons (Fsp3) is 1.00. The summed E-state index contributed by atoms with van der Waals surface area (Å²) in [4.78, 5) is 0. The second-order valence-electron chi connectivity index (χ2n) is 1.95. The van der Waals surface area contributed by atoms with Crippen LogP contribution >= 0.6 is 7.82 Å². The Balaban J connectivity index is 0. The van der Waals surface area contributed by atoms with Crippen LogP contribution in [-0.2, 0) is 18.1 Å². The fourth-order valence-corrected chi connectivity index (χ4v) is 1.76. The summed E-state index contributed by atoms with van der Waals surface area (Å²) in [5.41, 5.74) is 0. The molecule has 0 rings (SSSR count). The minimum atomic E-state index is -3.67. The van der Waals surface area contributed by atoms with Gasteiger partial charge in [0, 0.05) is 0 Å². The van der Waals surface area contributed by atoms with Crippen molar-refractivity contribution in [3.05, 3.63) is 0 Å². The summed E-state index contributed by atoms with van der Waals surface area (Å²) in [5.74, 6) is 0. The summed E-state index contributed by atoms with van der Waals surface area (Å²) < 4.78 is 54.8. The Labute approximate surface area is 87.9 Å². The first-order valence-corrected chi connectivity index (χ1v) is 5.83. The van der Waals surface area contributed by atoms with Gasteiger partial charge in [-0.2, -0.15) is 0 Å². The lowest BCUT2D eigenvalue weighted by molar-refractivity contribution is 0.126. The van der Waals surface area contributed by atoms with Crippen molar-refractivity contribution in [3.8, 4) is 0 Å². The molecule has 0 aliphatic heterocycles. The molecule has 0 atom stereocenters. The molecule has 0 aromatic carbocycles. The lowest BCUT2D eigenvalue weighted by Crippen LogP contribution is -1.99. The van der Waals surface area contributed by atoms with E-state index in [0.717, 1.165) is 0 Å². The van der Waals surface area contributed by atoms with Crippen LogP contribution in [0.25, 0.3) is 0 Å². The van der Waals surface area contributed by atoms with Gasteiger partial charge in [0.25, 0.3) is 0 Å². The molecule has 0 aliphatic carbocycles. The molecular weight excluding hydrogens is 235 g/mol. The van der Waals surface area contributed by atoms with Gasteiger partial charge in [-0.25, -0.2) is 4.57 Å². The standard InChI is InChI=1S/C6H15O4P.BF3/c1-4-8-11(7,9-5-2)10-6-3;2-1(3)4/h4-6H2,1-3H3;. The largest absolute Gasteiger partial charge is 0.762 e. The number of hydrogen-bond donors (Lipinski definition) is 0. The van der Waals surface area contributed by atoms with E-state index in [0.29, 0.717) is 19.8 Å². The number of phosphoric ester groups is 1. The number of phosphoric acid groups is 1. The third-order valence-electron chi connectivity index (χ3n) is 0.862. The first-order chi connectivity index (χ1) is 6.91. The van der Waals surface area contributed by atoms with Crippen LogP contribution < -0.4 is 0 Å². The van der Waals surface area contributed by atoms with Gasteiger partial charge in [0.05, 0.1) is 19.8 Å². The Morgan fingerprint density at radius 3 is 1.27 bits per heavy atom. The van der Waals surface area contributed by atoms with E-state index in [-0.39, 0.29) is 0 Å². The Kier molecular flexibility index (Phi) is 12.1. The summed E-state index contributed by atoms with van der Waals surface area (Å²) in [6.45, 7) is 6.21. The van der Waals surface area contributed by atoms with Crippen LogP contribution in [0.1, 0.15) is 20.8 Å². The molecule has 0 amide bonds. The monoisotopic (exact) mass is 250 g/mol. The van der Waals surface area contributed by atoms with E-state index >= 15 is 0 Å². The van der Waals surface area contributed by atoms with E-state index in [1.54, 1.807) is 20.8 Å². The van der Waals surface area contributed by atoms with Crippen LogP contribution in [0.15, 0.2) is 0 Å². The first kappa shape index (κ1) is 17.4. The number of hydrogen-bond acceptors (Lipinski definition) is 4. The average molecular weight is 250 g/mol. The molecule has 0 fully saturated rings. The summed E-state index contributed by atoms with van der Waals surface area (Å²) >= 11 is 0. The molecule has 0 heterocycles. The molecule has 0 aliphatic rings. The maximum atomic E-state index is 11.3. The average Bonchev–Trinajstić information content (AvgIpc) is 2.03. The van der Waals surface area contributed by atoms with Crippen LogP contribution in [0.5, 0.6) is 0 Å². The van der Waals surface area contributed by atoms with Gasteiger partial charge in [0.15, 0.2) is 0 Å². The molecule has 4 nitrogen and oxygen atoms in total. The smallest absolute Gasteiger partial charge is 0.287 e. The number of halogens is 3. The first-order valence-electron chi connectivity index (χ1n) is 4.37. The third kappa shape index (κ3) is 14.0. The van der Waals surface area contributed by atoms with E-state index in [2.05, 4.69) is 0 Å². The Bertz CT molecular complexity index is 157. The molecule has 92 valence electrons. The second kappa shape index (κ2) is 10.5. The molecule has 0 aromatic rings. The lowest BCUT2D eigenvalue weighted by Gasteiger charge is -2.14. The maximum Gasteiger partial charge on any atom is 0.762 e. The quantitative estimate of drug-likeness (QED) is 0.536. The molecule has 0 bridgehead atoms. The molecule has 0 saturated carbocycles. The summed E-state index contributed by atoms with van der Waals surface area (Å²) in [5, 5.41) is 0. The van der Waals surface area contributed by atoms with Crippen LogP contribution in [-0.4, -0.2) is 27.4 Å². The molecule has 0 aromatic heterocycles. The van der Waals surface area contributed by atoms with Gasteiger partial charge in [0.1, 0.15) is 0 Å². The van der Waals surface area contributed by atoms with Crippen molar-refractivity contribution in [2.45, 2.75) is 20.8 Å². The maximum absolute atomic E-state index is 11.3. The van der Waals surface area contributed by atoms with E-state index in [9.17, 15) is 17.5 Å². The van der Waals surface area contributed by atoms with Crippen molar-refractivity contribution >= 4 is 15.4 Å². The Morgan fingerprint density at radius 2 is 1.13 bits per heavy atom. The van der Waals surface area contributed by atoms with Crippen LogP contribution in [0, 0.1) is 0 Å². The van der Waals surface area contributed by atoms with Crippen LogP contribution in [0.4, 0.5) is 12.9 Å². The second-order valence-corrected chi connectivity index (χ2v) is 3.62. The summed E-state index contributed by atoms with van der Waals surface area (Å²) in [7, 11) is -6.89. The van der Waals surface area contributed by atoms with Crippen molar-refractivity contribution in [1.82, 2.24) is 0 Å². The minimum Gasteiger partial charge on any atom is -0.287 e. The molecule has 0 N–H and O–H groups in total. The zero-order chi connectivity index (χ0) is 12.3. The fourth-order valence-electron chi connectivity index (χ4n) is 0.586. The third-order valence-corrected chi connectivity index (χ3v) is 2.58. The highest BCUT2D eigenvalue weighted by molar-refractivity contribution is 7.48. The van der Waals surface area contributed by atoms with Gasteiger partial charge < -0.3 is 0 Å². The minimum absolute atomic E-state index is 0.331. The predicted molar refractivity (Wildman–Crippen MR) is 51.6 cm³/mol. The summed E-state index contributed by atoms with van der Waals surface area (Å²) in [6, 6.07) is 0. The molecule has 0 spiro atoms. The van der Waals surface area contributed by atoms with E-state index < -0.39 is 15.4 Å². The van der Waals surface area contributed by atoms with Crippen molar-refractivity contribution in [1.29, 1.82) is 0 Å². The van der Waals surface area contributed by atoms with Gasteiger partial charge in [0.2, 0.25) is 0 Å². The van der Waals surface area contributed by atoms with Crippen molar-refractivity contribution < 1.29 is 31.1 Å². The number of rotatable bonds is 6. The normalized spacial score (nSPS) is 10.5. The Morgan fingerprint density at radius 1 is 0.933 bits per heavy atom. The lowest BCUT2D eigenvalue weighted by atomic mass is 10.5. The van der Waals surface area contributed by atoms with Crippen LogP contribution in [0.3, 0.4) is 0 Å². The molecule has 0 unspecified atom stereocenters. The van der Waals surface area contributed by atoms with Gasteiger partial charge in [-0.3, -0.25) is 26.5 Å². The van der Waals surface area contributed by atoms with Gasteiger partial charge in [-0.15, -0.1) is 0 Å². The highest BCUT2D eigenvalue weighted by atomic mass is 31.2. The predicted octanol–water partition coefficient (Wildman–Crippen LogP) is 3.08. The summed E-state index contributed by atoms with van der Waals surface area (Å²) in [6.07, 6.45) is 0. The van der Waals surface area contributed by atoms with E-state index in [4.69, 9.17) is 13.6 Å². The van der Waals surface area contributed by atoms with Gasteiger partial charge in [-0.05, 0) is 20.8 Å². The van der Waals surface area contributed by atoms with Gasteiger partial charge in [-0.1, -0.05) is 0 Å². The van der Waals surface area contributed by atoms with Gasteiger partial charge >= 0.3 is 15.4 Å². The van der Waals surface area contributed by atoms with E-state index in [1.807, 2.05) is 0 Å². The highest BCUT2D eigenvalue weighted by Crippen LogP contribution is 2.48. The zero-order valence-corrected chi connectivity index (χ0v) is 9.81. The molecule has 0 saturated heterocycles. The van der Waals surface area contributed by atoms with Crippen molar-refractivity contribution in [2.75, 3.05) is 19.8 Å². The molecular formula is C6H15BF3O4P.